The lowest BCUT2D eigenvalue weighted by molar-refractivity contribution is 0.262. The number of methoxy groups -OCH3 is 1. The van der Waals surface area contributed by atoms with Crippen molar-refractivity contribution in [3.63, 3.8) is 0 Å². The van der Waals surface area contributed by atoms with Crippen LogP contribution in [0.3, 0.4) is 0 Å². The molecule has 0 radical (unpaired) electrons. The molecule has 7 nitrogen and oxygen atoms in total. The predicted octanol–water partition coefficient (Wildman–Crippen LogP) is 4.07. The highest BCUT2D eigenvalue weighted by molar-refractivity contribution is 6.33. The number of nitrogens with zero attached hydrogens (tertiary/aromatic N) is 3. The minimum absolute atomic E-state index is 0.280. The molecule has 27 heavy (non-hydrogen) atoms. The molecule has 0 aliphatic rings. The van der Waals surface area contributed by atoms with Gasteiger partial charge in [0.1, 0.15) is 11.6 Å². The molecule has 0 saturated carbocycles. The zero-order valence-electron chi connectivity index (χ0n) is 14.3. The summed E-state index contributed by atoms with van der Waals surface area (Å²) >= 11 is 6.16. The molecule has 140 valence electrons. The van der Waals surface area contributed by atoms with Gasteiger partial charge < -0.3 is 15.4 Å². The number of amides is 2. The molecule has 0 atom stereocenters. The number of aryl methyl sites for hydroxylation is 1. The first kappa shape index (κ1) is 18.6. The van der Waals surface area contributed by atoms with Crippen LogP contribution in [0.4, 0.5) is 25.0 Å². The second-order valence-corrected chi connectivity index (χ2v) is 5.86. The molecule has 0 unspecified atom stereocenters. The smallest absolute Gasteiger partial charge is 0.323 e. The molecular formula is C17H14ClF2N5O2. The molecule has 0 spiro atoms. The molecule has 2 aromatic heterocycles. The highest BCUT2D eigenvalue weighted by Gasteiger charge is 2.17. The molecule has 0 aliphatic carbocycles. The lowest BCUT2D eigenvalue weighted by Crippen LogP contribution is -2.20. The number of rotatable bonds is 4. The fourth-order valence-electron chi connectivity index (χ4n) is 2.44. The lowest BCUT2D eigenvalue weighted by atomic mass is 10.2. The van der Waals surface area contributed by atoms with Gasteiger partial charge in [-0.05, 0) is 18.2 Å². The summed E-state index contributed by atoms with van der Waals surface area (Å²) in [5.41, 5.74) is 1.04. The third kappa shape index (κ3) is 3.98. The molecule has 2 heterocycles. The highest BCUT2D eigenvalue weighted by atomic mass is 35.5. The standard InChI is InChI=1S/C17H14ClF2N5O2/c1-25-15(12(18)8-22-25)11-6-10(7-21-16(11)27-2)23-17(26)24-14-5-9(19)3-4-13(14)20/h3-8H,1-2H3,(H2,23,24,26). The molecule has 2 amide bonds. The Morgan fingerprint density at radius 3 is 2.67 bits per heavy atom. The molecule has 0 bridgehead atoms. The monoisotopic (exact) mass is 393 g/mol. The van der Waals surface area contributed by atoms with Crippen molar-refractivity contribution in [2.45, 2.75) is 0 Å². The van der Waals surface area contributed by atoms with E-state index in [4.69, 9.17) is 16.3 Å². The average Bonchev–Trinajstić information content (AvgIpc) is 2.96. The van der Waals surface area contributed by atoms with Crippen molar-refractivity contribution in [1.82, 2.24) is 14.8 Å². The fourth-order valence-corrected chi connectivity index (χ4v) is 2.71. The van der Waals surface area contributed by atoms with Crippen LogP contribution >= 0.6 is 11.6 Å². The van der Waals surface area contributed by atoms with E-state index in [1.165, 1.54) is 24.2 Å². The number of ether oxygens (including phenoxy) is 1. The summed E-state index contributed by atoms with van der Waals surface area (Å²) in [5, 5.41) is 9.17. The molecule has 0 aliphatic heterocycles. The van der Waals surface area contributed by atoms with E-state index >= 15 is 0 Å². The van der Waals surface area contributed by atoms with Gasteiger partial charge in [0.15, 0.2) is 0 Å². The zero-order chi connectivity index (χ0) is 19.6. The van der Waals surface area contributed by atoms with Crippen molar-refractivity contribution < 1.29 is 18.3 Å². The Kier molecular flexibility index (Phi) is 5.22. The number of hydrogen-bond donors (Lipinski definition) is 2. The quantitative estimate of drug-likeness (QED) is 0.700. The van der Waals surface area contributed by atoms with Crippen LogP contribution < -0.4 is 15.4 Å². The van der Waals surface area contributed by atoms with Crippen LogP contribution in [-0.2, 0) is 7.05 Å². The Bertz CT molecular complexity index is 989. The number of urea groups is 1. The fraction of sp³-hybridized carbons (Fsp3) is 0.118. The van der Waals surface area contributed by atoms with Crippen LogP contribution in [-0.4, -0.2) is 27.9 Å². The Morgan fingerprint density at radius 1 is 1.22 bits per heavy atom. The van der Waals surface area contributed by atoms with Gasteiger partial charge in [-0.3, -0.25) is 4.68 Å². The van der Waals surface area contributed by atoms with Crippen LogP contribution in [0.5, 0.6) is 5.88 Å². The van der Waals surface area contributed by atoms with Gasteiger partial charge in [0.05, 0.1) is 47.2 Å². The third-order valence-corrected chi connectivity index (χ3v) is 3.90. The summed E-state index contributed by atoms with van der Waals surface area (Å²) < 4.78 is 33.6. The first-order valence-corrected chi connectivity index (χ1v) is 8.01. The summed E-state index contributed by atoms with van der Waals surface area (Å²) in [7, 11) is 3.14. The topological polar surface area (TPSA) is 81.1 Å². The maximum absolute atomic E-state index is 13.6. The van der Waals surface area contributed by atoms with Crippen LogP contribution in [0.15, 0.2) is 36.7 Å². The van der Waals surface area contributed by atoms with Crippen molar-refractivity contribution >= 4 is 29.0 Å². The maximum Gasteiger partial charge on any atom is 0.323 e. The summed E-state index contributed by atoms with van der Waals surface area (Å²) in [6.07, 6.45) is 2.82. The van der Waals surface area contributed by atoms with Crippen molar-refractivity contribution in [2.75, 3.05) is 17.7 Å². The minimum Gasteiger partial charge on any atom is -0.481 e. The number of benzene rings is 1. The molecule has 2 N–H and O–H groups in total. The Labute approximate surface area is 157 Å². The maximum atomic E-state index is 13.6. The highest BCUT2D eigenvalue weighted by Crippen LogP contribution is 2.34. The number of carbonyl (C=O) groups excluding carboxylic acids is 1. The summed E-state index contributed by atoms with van der Waals surface area (Å²) in [6, 6.07) is 3.56. The van der Waals surface area contributed by atoms with Crippen LogP contribution in [0.25, 0.3) is 11.3 Å². The molecule has 0 fully saturated rings. The number of hydrogen-bond acceptors (Lipinski definition) is 4. The van der Waals surface area contributed by atoms with E-state index in [1.807, 2.05) is 0 Å². The summed E-state index contributed by atoms with van der Waals surface area (Å²) in [6.45, 7) is 0. The van der Waals surface area contributed by atoms with Crippen LogP contribution in [0, 0.1) is 11.6 Å². The van der Waals surface area contributed by atoms with Gasteiger partial charge >= 0.3 is 6.03 Å². The van der Waals surface area contributed by atoms with E-state index in [0.717, 1.165) is 18.2 Å². The Hall–Kier alpha value is -3.20. The van der Waals surface area contributed by atoms with E-state index in [9.17, 15) is 13.6 Å². The van der Waals surface area contributed by atoms with Gasteiger partial charge in [0.2, 0.25) is 5.88 Å². The number of aromatic nitrogens is 3. The van der Waals surface area contributed by atoms with Crippen molar-refractivity contribution in [1.29, 1.82) is 0 Å². The molecule has 3 rings (SSSR count). The largest absolute Gasteiger partial charge is 0.481 e. The molecule has 1 aromatic carbocycles. The van der Waals surface area contributed by atoms with Crippen molar-refractivity contribution in [3.8, 4) is 17.1 Å². The van der Waals surface area contributed by atoms with E-state index in [2.05, 4.69) is 20.7 Å². The van der Waals surface area contributed by atoms with Crippen LogP contribution in [0.1, 0.15) is 0 Å². The number of carbonyl (C=O) groups is 1. The average molecular weight is 394 g/mol. The van der Waals surface area contributed by atoms with Gasteiger partial charge in [0.25, 0.3) is 0 Å². The van der Waals surface area contributed by atoms with Crippen LogP contribution in [0.2, 0.25) is 5.02 Å². The van der Waals surface area contributed by atoms with Gasteiger partial charge in [-0.25, -0.2) is 18.6 Å². The molecule has 3 aromatic rings. The summed E-state index contributed by atoms with van der Waals surface area (Å²) in [4.78, 5) is 16.2. The second-order valence-electron chi connectivity index (χ2n) is 5.45. The summed E-state index contributed by atoms with van der Waals surface area (Å²) in [5.74, 6) is -1.16. The minimum atomic E-state index is -0.770. The molecule has 10 heteroatoms. The van der Waals surface area contributed by atoms with Gasteiger partial charge in [-0.1, -0.05) is 11.6 Å². The van der Waals surface area contributed by atoms with Gasteiger partial charge in [-0.15, -0.1) is 0 Å². The van der Waals surface area contributed by atoms with E-state index < -0.39 is 17.7 Å². The number of nitrogens with one attached hydrogen (secondary N) is 2. The van der Waals surface area contributed by atoms with E-state index in [-0.39, 0.29) is 17.3 Å². The molecular weight excluding hydrogens is 380 g/mol. The van der Waals surface area contributed by atoms with E-state index in [0.29, 0.717) is 16.3 Å². The Balaban J connectivity index is 1.86. The zero-order valence-corrected chi connectivity index (χ0v) is 15.0. The van der Waals surface area contributed by atoms with Crippen molar-refractivity contribution in [2.24, 2.45) is 7.05 Å². The van der Waals surface area contributed by atoms with Crippen molar-refractivity contribution in [3.05, 3.63) is 53.3 Å². The van der Waals surface area contributed by atoms with Gasteiger partial charge in [0, 0.05) is 13.1 Å². The number of halogens is 3. The third-order valence-electron chi connectivity index (χ3n) is 3.63. The first-order valence-electron chi connectivity index (χ1n) is 7.64. The lowest BCUT2D eigenvalue weighted by Gasteiger charge is -2.12. The first-order chi connectivity index (χ1) is 12.9. The van der Waals surface area contributed by atoms with Gasteiger partial charge in [-0.2, -0.15) is 5.10 Å². The predicted molar refractivity (Wildman–Crippen MR) is 97.0 cm³/mol. The van der Waals surface area contributed by atoms with E-state index in [1.54, 1.807) is 13.1 Å². The number of anilines is 2. The molecule has 0 saturated heterocycles. The normalized spacial score (nSPS) is 10.6. The number of pyridine rings is 1. The second kappa shape index (κ2) is 7.58. The SMILES string of the molecule is COc1ncc(NC(=O)Nc2cc(F)ccc2F)cc1-c1c(Cl)cnn1C. The Morgan fingerprint density at radius 2 is 2.00 bits per heavy atom.